The molecule has 1 nitrogen and oxygen atoms in total. The van der Waals surface area contributed by atoms with Crippen molar-refractivity contribution in [1.82, 2.24) is 0 Å². The van der Waals surface area contributed by atoms with Crippen LogP contribution >= 0.6 is 31.9 Å². The summed E-state index contributed by atoms with van der Waals surface area (Å²) in [6, 6.07) is 13.0. The fraction of sp³-hybridized carbons (Fsp3) is 0.250. The zero-order chi connectivity index (χ0) is 14.0. The summed E-state index contributed by atoms with van der Waals surface area (Å²) in [7, 11) is 0. The van der Waals surface area contributed by atoms with E-state index in [-0.39, 0.29) is 6.04 Å². The molecule has 0 saturated carbocycles. The van der Waals surface area contributed by atoms with Crippen molar-refractivity contribution in [2.45, 2.75) is 26.8 Å². The maximum absolute atomic E-state index is 3.61. The highest BCUT2D eigenvalue weighted by Gasteiger charge is 2.10. The van der Waals surface area contributed by atoms with E-state index in [0.717, 1.165) is 8.95 Å². The minimum Gasteiger partial charge on any atom is -0.378 e. The molecule has 0 spiro atoms. The van der Waals surface area contributed by atoms with Crippen LogP contribution in [0.15, 0.2) is 45.3 Å². The quantitative estimate of drug-likeness (QED) is 0.686. The van der Waals surface area contributed by atoms with E-state index in [1.54, 1.807) is 0 Å². The van der Waals surface area contributed by atoms with Crippen LogP contribution in [0.1, 0.15) is 29.7 Å². The Hall–Kier alpha value is -0.800. The molecule has 0 amide bonds. The van der Waals surface area contributed by atoms with E-state index < -0.39 is 0 Å². The third-order valence-electron chi connectivity index (χ3n) is 3.21. The largest absolute Gasteiger partial charge is 0.378 e. The summed E-state index contributed by atoms with van der Waals surface area (Å²) in [5.41, 5.74) is 5.01. The van der Waals surface area contributed by atoms with E-state index in [2.05, 4.69) is 88.3 Å². The fourth-order valence-corrected chi connectivity index (χ4v) is 3.32. The molecule has 19 heavy (non-hydrogen) atoms. The Bertz CT molecular complexity index is 570. The molecule has 0 aliphatic heterocycles. The topological polar surface area (TPSA) is 12.0 Å². The zero-order valence-electron chi connectivity index (χ0n) is 11.3. The van der Waals surface area contributed by atoms with Gasteiger partial charge in [0.25, 0.3) is 0 Å². The molecule has 2 aromatic rings. The SMILES string of the molecule is Cc1cc(Br)cc(C)c1NC(C)c1cccc(Br)c1. The van der Waals surface area contributed by atoms with Crippen LogP contribution in [-0.4, -0.2) is 0 Å². The summed E-state index contributed by atoms with van der Waals surface area (Å²) in [4.78, 5) is 0. The summed E-state index contributed by atoms with van der Waals surface area (Å²) < 4.78 is 2.24. The number of hydrogen-bond donors (Lipinski definition) is 1. The number of benzene rings is 2. The first-order chi connectivity index (χ1) is 8.97. The molecule has 0 aliphatic carbocycles. The van der Waals surface area contributed by atoms with Gasteiger partial charge in [-0.05, 0) is 61.7 Å². The lowest BCUT2D eigenvalue weighted by Crippen LogP contribution is -2.09. The van der Waals surface area contributed by atoms with Crippen molar-refractivity contribution in [3.8, 4) is 0 Å². The van der Waals surface area contributed by atoms with Gasteiger partial charge in [0.1, 0.15) is 0 Å². The smallest absolute Gasteiger partial charge is 0.0486 e. The van der Waals surface area contributed by atoms with Crippen LogP contribution in [0, 0.1) is 13.8 Å². The van der Waals surface area contributed by atoms with Crippen molar-refractivity contribution >= 4 is 37.5 Å². The Morgan fingerprint density at radius 2 is 1.58 bits per heavy atom. The molecule has 0 heterocycles. The third-order valence-corrected chi connectivity index (χ3v) is 4.16. The van der Waals surface area contributed by atoms with Crippen molar-refractivity contribution in [3.05, 3.63) is 62.0 Å². The lowest BCUT2D eigenvalue weighted by atomic mass is 10.1. The van der Waals surface area contributed by atoms with Gasteiger partial charge in [0.05, 0.1) is 0 Å². The average Bonchev–Trinajstić information content (AvgIpc) is 2.33. The van der Waals surface area contributed by atoms with Crippen LogP contribution in [0.2, 0.25) is 0 Å². The van der Waals surface area contributed by atoms with Crippen LogP contribution < -0.4 is 5.32 Å². The van der Waals surface area contributed by atoms with Crippen molar-refractivity contribution in [2.75, 3.05) is 5.32 Å². The molecule has 0 aliphatic rings. The van der Waals surface area contributed by atoms with Gasteiger partial charge in [0, 0.05) is 20.7 Å². The number of rotatable bonds is 3. The third kappa shape index (κ3) is 3.61. The highest BCUT2D eigenvalue weighted by molar-refractivity contribution is 9.10. The average molecular weight is 383 g/mol. The molecular weight excluding hydrogens is 366 g/mol. The molecule has 0 bridgehead atoms. The van der Waals surface area contributed by atoms with E-state index >= 15 is 0 Å². The molecule has 0 aromatic heterocycles. The van der Waals surface area contributed by atoms with Crippen LogP contribution in [0.25, 0.3) is 0 Å². The molecule has 100 valence electrons. The molecular formula is C16H17Br2N. The van der Waals surface area contributed by atoms with Gasteiger partial charge in [-0.15, -0.1) is 0 Å². The summed E-state index contributed by atoms with van der Waals surface area (Å²) in [6.45, 7) is 6.45. The summed E-state index contributed by atoms with van der Waals surface area (Å²) >= 11 is 7.05. The van der Waals surface area contributed by atoms with E-state index in [1.807, 2.05) is 6.07 Å². The molecule has 0 fully saturated rings. The normalized spacial score (nSPS) is 12.3. The first kappa shape index (κ1) is 14.6. The van der Waals surface area contributed by atoms with E-state index in [9.17, 15) is 0 Å². The van der Waals surface area contributed by atoms with Crippen molar-refractivity contribution in [3.63, 3.8) is 0 Å². The lowest BCUT2D eigenvalue weighted by Gasteiger charge is -2.20. The molecule has 0 radical (unpaired) electrons. The van der Waals surface area contributed by atoms with E-state index in [4.69, 9.17) is 0 Å². The number of aryl methyl sites for hydroxylation is 2. The standard InChI is InChI=1S/C16H17Br2N/c1-10-7-15(18)8-11(2)16(10)19-12(3)13-5-4-6-14(17)9-13/h4-9,12,19H,1-3H3. The second kappa shape index (κ2) is 6.10. The minimum absolute atomic E-state index is 0.274. The molecule has 1 unspecified atom stereocenters. The second-order valence-electron chi connectivity index (χ2n) is 4.84. The molecule has 0 saturated heterocycles. The van der Waals surface area contributed by atoms with Gasteiger partial charge in [-0.25, -0.2) is 0 Å². The van der Waals surface area contributed by atoms with Gasteiger partial charge in [0.15, 0.2) is 0 Å². The van der Waals surface area contributed by atoms with Crippen LogP contribution in [-0.2, 0) is 0 Å². The molecule has 2 aromatic carbocycles. The van der Waals surface area contributed by atoms with Crippen molar-refractivity contribution in [1.29, 1.82) is 0 Å². The predicted molar refractivity (Wildman–Crippen MR) is 89.8 cm³/mol. The number of halogens is 2. The van der Waals surface area contributed by atoms with Crippen LogP contribution in [0.3, 0.4) is 0 Å². The maximum atomic E-state index is 3.61. The van der Waals surface area contributed by atoms with Gasteiger partial charge in [-0.3, -0.25) is 0 Å². The molecule has 1 atom stereocenters. The molecule has 1 N–H and O–H groups in total. The fourth-order valence-electron chi connectivity index (χ4n) is 2.21. The maximum Gasteiger partial charge on any atom is 0.0486 e. The van der Waals surface area contributed by atoms with Gasteiger partial charge >= 0.3 is 0 Å². The Morgan fingerprint density at radius 3 is 2.16 bits per heavy atom. The highest BCUT2D eigenvalue weighted by atomic mass is 79.9. The first-order valence-electron chi connectivity index (χ1n) is 6.26. The predicted octanol–water partition coefficient (Wildman–Crippen LogP) is 6.00. The number of anilines is 1. The Morgan fingerprint density at radius 1 is 0.947 bits per heavy atom. The number of hydrogen-bond acceptors (Lipinski definition) is 1. The summed E-state index contributed by atoms with van der Waals surface area (Å²) in [5, 5.41) is 3.61. The summed E-state index contributed by atoms with van der Waals surface area (Å²) in [6.07, 6.45) is 0. The summed E-state index contributed by atoms with van der Waals surface area (Å²) in [5.74, 6) is 0. The van der Waals surface area contributed by atoms with Gasteiger partial charge < -0.3 is 5.32 Å². The zero-order valence-corrected chi connectivity index (χ0v) is 14.5. The Labute approximate surface area is 131 Å². The van der Waals surface area contributed by atoms with Gasteiger partial charge in [-0.1, -0.05) is 44.0 Å². The van der Waals surface area contributed by atoms with E-state index in [0.29, 0.717) is 0 Å². The number of nitrogens with one attached hydrogen (secondary N) is 1. The lowest BCUT2D eigenvalue weighted by molar-refractivity contribution is 0.879. The van der Waals surface area contributed by atoms with Crippen molar-refractivity contribution in [2.24, 2.45) is 0 Å². The van der Waals surface area contributed by atoms with Gasteiger partial charge in [0.2, 0.25) is 0 Å². The Kier molecular flexibility index (Phi) is 4.69. The van der Waals surface area contributed by atoms with Crippen molar-refractivity contribution < 1.29 is 0 Å². The highest BCUT2D eigenvalue weighted by Crippen LogP contribution is 2.29. The second-order valence-corrected chi connectivity index (χ2v) is 6.67. The monoisotopic (exact) mass is 381 g/mol. The van der Waals surface area contributed by atoms with E-state index in [1.165, 1.54) is 22.4 Å². The Balaban J connectivity index is 2.26. The molecule has 3 heteroatoms. The molecule has 2 rings (SSSR count). The first-order valence-corrected chi connectivity index (χ1v) is 7.84. The van der Waals surface area contributed by atoms with Crippen LogP contribution in [0.4, 0.5) is 5.69 Å². The minimum atomic E-state index is 0.274. The van der Waals surface area contributed by atoms with Crippen LogP contribution in [0.5, 0.6) is 0 Å². The van der Waals surface area contributed by atoms with Gasteiger partial charge in [-0.2, -0.15) is 0 Å².